The topological polar surface area (TPSA) is 90.3 Å². The van der Waals surface area contributed by atoms with Crippen molar-refractivity contribution in [1.29, 1.82) is 0 Å². The zero-order chi connectivity index (χ0) is 20.8. The first-order valence-corrected chi connectivity index (χ1v) is 9.90. The normalized spacial score (nSPS) is 11.8. The highest BCUT2D eigenvalue weighted by atomic mass is 32.2. The van der Waals surface area contributed by atoms with Gasteiger partial charge in [-0.1, -0.05) is 36.0 Å². The van der Waals surface area contributed by atoms with Gasteiger partial charge in [-0.2, -0.15) is 0 Å². The van der Waals surface area contributed by atoms with E-state index in [4.69, 9.17) is 4.74 Å². The van der Waals surface area contributed by atoms with Crippen LogP contribution in [0.1, 0.15) is 11.4 Å². The standard InChI is InChI=1S/C21H21N3O4S/c1-22-21(27)29-16(12-25)11-14-7-9-15(10-8-14)28-13-19-23-18-6-4-3-5-17(18)20(26)24(19)2/h3-10,12,16H,11,13H2,1-2H3,(H,22,27). The van der Waals surface area contributed by atoms with Crippen molar-refractivity contribution in [2.75, 3.05) is 7.05 Å². The summed E-state index contributed by atoms with van der Waals surface area (Å²) >= 11 is 0.965. The van der Waals surface area contributed by atoms with Crippen molar-refractivity contribution >= 4 is 34.2 Å². The first-order valence-electron chi connectivity index (χ1n) is 9.02. The molecule has 0 fully saturated rings. The zero-order valence-corrected chi connectivity index (χ0v) is 16.9. The summed E-state index contributed by atoms with van der Waals surface area (Å²) in [5, 5.41) is 2.38. The van der Waals surface area contributed by atoms with E-state index in [9.17, 15) is 14.4 Å². The molecule has 0 aliphatic carbocycles. The molecule has 8 heteroatoms. The van der Waals surface area contributed by atoms with Crippen LogP contribution in [-0.4, -0.2) is 33.4 Å². The van der Waals surface area contributed by atoms with E-state index >= 15 is 0 Å². The molecule has 2 aromatic carbocycles. The SMILES string of the molecule is CNC(=O)SC(C=O)Cc1ccc(OCc2nc3ccccc3c(=O)n2C)cc1. The fourth-order valence-corrected chi connectivity index (χ4v) is 3.53. The van der Waals surface area contributed by atoms with E-state index in [0.29, 0.717) is 28.9 Å². The summed E-state index contributed by atoms with van der Waals surface area (Å²) in [4.78, 5) is 39.6. The van der Waals surface area contributed by atoms with E-state index in [1.54, 1.807) is 31.3 Å². The van der Waals surface area contributed by atoms with Gasteiger partial charge in [-0.25, -0.2) is 4.98 Å². The van der Waals surface area contributed by atoms with Gasteiger partial charge < -0.3 is 14.8 Å². The summed E-state index contributed by atoms with van der Waals surface area (Å²) < 4.78 is 7.27. The predicted octanol–water partition coefficient (Wildman–Crippen LogP) is 2.70. The molecule has 150 valence electrons. The summed E-state index contributed by atoms with van der Waals surface area (Å²) in [6.45, 7) is 0.152. The van der Waals surface area contributed by atoms with E-state index < -0.39 is 5.25 Å². The Morgan fingerprint density at radius 1 is 1.24 bits per heavy atom. The van der Waals surface area contributed by atoms with Crippen molar-refractivity contribution in [3.8, 4) is 5.75 Å². The molecule has 3 rings (SSSR count). The van der Waals surface area contributed by atoms with Crippen molar-refractivity contribution in [3.63, 3.8) is 0 Å². The van der Waals surface area contributed by atoms with E-state index in [-0.39, 0.29) is 17.4 Å². The predicted molar refractivity (Wildman–Crippen MR) is 113 cm³/mol. The molecule has 1 N–H and O–H groups in total. The van der Waals surface area contributed by atoms with Gasteiger partial charge in [-0.15, -0.1) is 0 Å². The van der Waals surface area contributed by atoms with Crippen LogP contribution < -0.4 is 15.6 Å². The van der Waals surface area contributed by atoms with E-state index in [1.165, 1.54) is 11.6 Å². The number of carbonyl (C=O) groups excluding carboxylic acids is 2. The smallest absolute Gasteiger partial charge is 0.279 e. The summed E-state index contributed by atoms with van der Waals surface area (Å²) in [5.41, 5.74) is 1.44. The molecular weight excluding hydrogens is 390 g/mol. The van der Waals surface area contributed by atoms with Crippen molar-refractivity contribution in [1.82, 2.24) is 14.9 Å². The number of aldehydes is 1. The third kappa shape index (κ3) is 5.03. The number of nitrogens with zero attached hydrogens (tertiary/aromatic N) is 2. The first kappa shape index (κ1) is 20.6. The number of carbonyl (C=O) groups is 2. The molecule has 0 aliphatic heterocycles. The van der Waals surface area contributed by atoms with Crippen molar-refractivity contribution in [2.24, 2.45) is 7.05 Å². The molecule has 0 radical (unpaired) electrons. The van der Waals surface area contributed by atoms with Gasteiger partial charge in [0.1, 0.15) is 24.5 Å². The lowest BCUT2D eigenvalue weighted by Gasteiger charge is -2.12. The van der Waals surface area contributed by atoms with Crippen molar-refractivity contribution in [2.45, 2.75) is 18.3 Å². The van der Waals surface area contributed by atoms with Gasteiger partial charge in [-0.3, -0.25) is 14.2 Å². The quantitative estimate of drug-likeness (QED) is 0.601. The Labute approximate surface area is 172 Å². The molecular formula is C21H21N3O4S. The molecule has 0 spiro atoms. The van der Waals surface area contributed by atoms with Crippen molar-refractivity contribution < 1.29 is 14.3 Å². The number of rotatable bonds is 7. The fraction of sp³-hybridized carbons (Fsp3) is 0.238. The number of fused-ring (bicyclic) bond motifs is 1. The number of ether oxygens (including phenoxy) is 1. The Bertz CT molecular complexity index is 1080. The number of thioether (sulfide) groups is 1. The van der Waals surface area contributed by atoms with Crippen LogP contribution in [-0.2, 0) is 24.9 Å². The Morgan fingerprint density at radius 2 is 1.97 bits per heavy atom. The van der Waals surface area contributed by atoms with Crippen LogP contribution in [0.3, 0.4) is 0 Å². The molecule has 7 nitrogen and oxygen atoms in total. The lowest BCUT2D eigenvalue weighted by molar-refractivity contribution is -0.107. The largest absolute Gasteiger partial charge is 0.486 e. The van der Waals surface area contributed by atoms with Gasteiger partial charge in [0.25, 0.3) is 10.8 Å². The summed E-state index contributed by atoms with van der Waals surface area (Å²) in [7, 11) is 3.21. The number of hydrogen-bond donors (Lipinski definition) is 1. The Morgan fingerprint density at radius 3 is 2.66 bits per heavy atom. The fourth-order valence-electron chi connectivity index (χ4n) is 2.81. The molecule has 0 bridgehead atoms. The van der Waals surface area contributed by atoms with Crippen LogP contribution >= 0.6 is 11.8 Å². The highest BCUT2D eigenvalue weighted by Gasteiger charge is 2.14. The minimum Gasteiger partial charge on any atom is -0.486 e. The maximum atomic E-state index is 12.4. The summed E-state index contributed by atoms with van der Waals surface area (Å²) in [6.07, 6.45) is 1.22. The molecule has 1 heterocycles. The van der Waals surface area contributed by atoms with Gasteiger partial charge in [0.2, 0.25) is 0 Å². The van der Waals surface area contributed by atoms with Crippen molar-refractivity contribution in [3.05, 3.63) is 70.3 Å². The average molecular weight is 411 g/mol. The van der Waals surface area contributed by atoms with E-state index in [2.05, 4.69) is 10.3 Å². The molecule has 3 aromatic rings. The molecule has 1 amide bonds. The highest BCUT2D eigenvalue weighted by molar-refractivity contribution is 8.14. The molecule has 1 atom stereocenters. The van der Waals surface area contributed by atoms with Gasteiger partial charge in [0.15, 0.2) is 0 Å². The monoisotopic (exact) mass is 411 g/mol. The van der Waals surface area contributed by atoms with Crippen LogP contribution in [0.4, 0.5) is 4.79 Å². The minimum absolute atomic E-state index is 0.113. The van der Waals surface area contributed by atoms with Gasteiger partial charge in [-0.05, 0) is 36.2 Å². The molecule has 0 saturated carbocycles. The number of benzene rings is 2. The number of amides is 1. The molecule has 0 saturated heterocycles. The zero-order valence-electron chi connectivity index (χ0n) is 16.1. The van der Waals surface area contributed by atoms with Gasteiger partial charge in [0, 0.05) is 14.1 Å². The molecule has 0 aliphatic rings. The number of hydrogen-bond acceptors (Lipinski definition) is 6. The van der Waals surface area contributed by atoms with Crippen LogP contribution in [0.2, 0.25) is 0 Å². The lowest BCUT2D eigenvalue weighted by Crippen LogP contribution is -2.23. The third-order valence-electron chi connectivity index (χ3n) is 4.42. The number of nitrogens with one attached hydrogen (secondary N) is 1. The van der Waals surface area contributed by atoms with Crippen LogP contribution in [0, 0.1) is 0 Å². The van der Waals surface area contributed by atoms with Gasteiger partial charge in [0.05, 0.1) is 16.2 Å². The second-order valence-electron chi connectivity index (χ2n) is 6.38. The number of para-hydroxylation sites is 1. The maximum Gasteiger partial charge on any atom is 0.279 e. The summed E-state index contributed by atoms with van der Waals surface area (Å²) in [6, 6.07) is 14.5. The lowest BCUT2D eigenvalue weighted by atomic mass is 10.1. The molecule has 29 heavy (non-hydrogen) atoms. The second-order valence-corrected chi connectivity index (χ2v) is 7.59. The van der Waals surface area contributed by atoms with Crippen LogP contribution in [0.5, 0.6) is 5.75 Å². The minimum atomic E-state index is -0.446. The molecule has 1 unspecified atom stereocenters. The Kier molecular flexibility index (Phi) is 6.66. The second kappa shape index (κ2) is 9.38. The highest BCUT2D eigenvalue weighted by Crippen LogP contribution is 2.19. The summed E-state index contributed by atoms with van der Waals surface area (Å²) in [5.74, 6) is 1.15. The first-order chi connectivity index (χ1) is 14.0. The van der Waals surface area contributed by atoms with E-state index in [1.807, 2.05) is 24.3 Å². The molecule has 1 aromatic heterocycles. The Hall–Kier alpha value is -3.13. The van der Waals surface area contributed by atoms with Crippen LogP contribution in [0.25, 0.3) is 10.9 Å². The average Bonchev–Trinajstić information content (AvgIpc) is 2.75. The number of aromatic nitrogens is 2. The third-order valence-corrected chi connectivity index (χ3v) is 5.42. The van der Waals surface area contributed by atoms with Gasteiger partial charge >= 0.3 is 0 Å². The Balaban J connectivity index is 1.67. The van der Waals surface area contributed by atoms with E-state index in [0.717, 1.165) is 23.6 Å². The van der Waals surface area contributed by atoms with Crippen LogP contribution in [0.15, 0.2) is 53.3 Å². The maximum absolute atomic E-state index is 12.4.